The summed E-state index contributed by atoms with van der Waals surface area (Å²) in [4.78, 5) is 25.7. The van der Waals surface area contributed by atoms with Gasteiger partial charge in [-0.25, -0.2) is 13.1 Å². The van der Waals surface area contributed by atoms with E-state index in [1.807, 2.05) is 35.2 Å². The first-order valence-corrected chi connectivity index (χ1v) is 11.8. The Morgan fingerprint density at radius 3 is 2.38 bits per heavy atom. The summed E-state index contributed by atoms with van der Waals surface area (Å²) in [7, 11) is -2.33. The molecule has 1 aliphatic heterocycles. The summed E-state index contributed by atoms with van der Waals surface area (Å²) in [6.45, 7) is 2.81. The molecule has 0 bridgehead atoms. The Balaban J connectivity index is 1.55. The first-order valence-electron chi connectivity index (χ1n) is 10.3. The summed E-state index contributed by atoms with van der Waals surface area (Å²) in [6.07, 6.45) is 1.18. The van der Waals surface area contributed by atoms with E-state index in [4.69, 9.17) is 4.74 Å². The van der Waals surface area contributed by atoms with Crippen molar-refractivity contribution >= 4 is 33.2 Å². The molecular weight excluding hydrogens is 432 g/mol. The molecule has 9 nitrogen and oxygen atoms in total. The first kappa shape index (κ1) is 23.7. The van der Waals surface area contributed by atoms with Crippen LogP contribution in [-0.4, -0.2) is 57.9 Å². The van der Waals surface area contributed by atoms with E-state index in [-0.39, 0.29) is 29.3 Å². The second-order valence-electron chi connectivity index (χ2n) is 7.63. The molecule has 0 saturated carbocycles. The van der Waals surface area contributed by atoms with E-state index in [0.29, 0.717) is 37.4 Å². The minimum Gasteiger partial charge on any atom is -0.495 e. The number of benzene rings is 2. The maximum absolute atomic E-state index is 12.9. The van der Waals surface area contributed by atoms with Crippen LogP contribution in [0.5, 0.6) is 5.75 Å². The average Bonchev–Trinajstić information content (AvgIpc) is 2.75. The normalized spacial score (nSPS) is 15.2. The lowest BCUT2D eigenvalue weighted by Crippen LogP contribution is -2.46. The van der Waals surface area contributed by atoms with Crippen molar-refractivity contribution in [1.82, 2.24) is 9.62 Å². The summed E-state index contributed by atoms with van der Waals surface area (Å²) in [5.41, 5.74) is 1.04. The monoisotopic (exact) mass is 460 g/mol. The highest BCUT2D eigenvalue weighted by atomic mass is 32.2. The van der Waals surface area contributed by atoms with Gasteiger partial charge in [0.2, 0.25) is 21.8 Å². The highest BCUT2D eigenvalue weighted by Crippen LogP contribution is 2.28. The maximum atomic E-state index is 12.9. The number of hydrogen-bond donors (Lipinski definition) is 3. The number of carbonyl (C=O) groups excluding carboxylic acids is 2. The van der Waals surface area contributed by atoms with Crippen molar-refractivity contribution in [2.24, 2.45) is 0 Å². The number of sulfonamides is 1. The fourth-order valence-electron chi connectivity index (χ4n) is 3.56. The Morgan fingerprint density at radius 1 is 1.06 bits per heavy atom. The lowest BCUT2D eigenvalue weighted by Gasteiger charge is -2.31. The quantitative estimate of drug-likeness (QED) is 0.555. The standard InChI is InChI=1S/C22H28N4O5S/c1-16(27)23-20-14-19(8-9-21(20)31-2)32(29,30)25-18-10-12-26(13-11-18)15-22(28)24-17-6-4-3-5-7-17/h3-9,14,18,25H,10-13,15H2,1-2H3,(H,23,27)(H,24,28). The van der Waals surface area contributed by atoms with Crippen LogP contribution < -0.4 is 20.1 Å². The number of likely N-dealkylation sites (tertiary alicyclic amines) is 1. The molecule has 2 amide bonds. The number of para-hydroxylation sites is 1. The van der Waals surface area contributed by atoms with Crippen LogP contribution in [-0.2, 0) is 19.6 Å². The Kier molecular flexibility index (Phi) is 7.84. The van der Waals surface area contributed by atoms with E-state index in [1.54, 1.807) is 0 Å². The van der Waals surface area contributed by atoms with Crippen LogP contribution in [0.25, 0.3) is 0 Å². The molecule has 1 saturated heterocycles. The maximum Gasteiger partial charge on any atom is 0.240 e. The van der Waals surface area contributed by atoms with Gasteiger partial charge in [0.15, 0.2) is 0 Å². The van der Waals surface area contributed by atoms with Crippen LogP contribution in [0, 0.1) is 0 Å². The SMILES string of the molecule is COc1ccc(S(=O)(=O)NC2CCN(CC(=O)Nc3ccccc3)CC2)cc1NC(C)=O. The number of ether oxygens (including phenoxy) is 1. The number of nitrogens with one attached hydrogen (secondary N) is 3. The minimum absolute atomic E-state index is 0.0479. The largest absolute Gasteiger partial charge is 0.495 e. The molecule has 0 aliphatic carbocycles. The van der Waals surface area contributed by atoms with Crippen LogP contribution in [0.3, 0.4) is 0 Å². The van der Waals surface area contributed by atoms with E-state index in [9.17, 15) is 18.0 Å². The molecule has 3 rings (SSSR count). The summed E-state index contributed by atoms with van der Waals surface area (Å²) in [5.74, 6) is -0.0466. The molecule has 2 aromatic rings. The van der Waals surface area contributed by atoms with Crippen LogP contribution in [0.15, 0.2) is 53.4 Å². The van der Waals surface area contributed by atoms with Crippen molar-refractivity contribution in [3.8, 4) is 5.75 Å². The van der Waals surface area contributed by atoms with Gasteiger partial charge in [0.1, 0.15) is 5.75 Å². The molecule has 1 aliphatic rings. The Labute approximate surface area is 188 Å². The second kappa shape index (κ2) is 10.6. The van der Waals surface area contributed by atoms with Crippen LogP contribution in [0.2, 0.25) is 0 Å². The molecule has 0 spiro atoms. The minimum atomic E-state index is -3.78. The average molecular weight is 461 g/mol. The van der Waals surface area contributed by atoms with E-state index < -0.39 is 10.0 Å². The van der Waals surface area contributed by atoms with E-state index in [1.165, 1.54) is 32.2 Å². The van der Waals surface area contributed by atoms with Crippen LogP contribution >= 0.6 is 0 Å². The molecule has 32 heavy (non-hydrogen) atoms. The predicted molar refractivity (Wildman–Crippen MR) is 122 cm³/mol. The van der Waals surface area contributed by atoms with Gasteiger partial charge in [-0.05, 0) is 43.2 Å². The number of rotatable bonds is 8. The van der Waals surface area contributed by atoms with Crippen molar-refractivity contribution in [3.63, 3.8) is 0 Å². The molecule has 0 atom stereocenters. The van der Waals surface area contributed by atoms with Crippen LogP contribution in [0.4, 0.5) is 11.4 Å². The lowest BCUT2D eigenvalue weighted by atomic mass is 10.1. The van der Waals surface area contributed by atoms with Gasteiger partial charge in [0, 0.05) is 31.7 Å². The van der Waals surface area contributed by atoms with Gasteiger partial charge in [-0.1, -0.05) is 18.2 Å². The number of hydrogen-bond acceptors (Lipinski definition) is 6. The Hall–Kier alpha value is -2.95. The fraction of sp³-hybridized carbons (Fsp3) is 0.364. The number of nitrogens with zero attached hydrogens (tertiary/aromatic N) is 1. The van der Waals surface area contributed by atoms with Gasteiger partial charge in [-0.3, -0.25) is 14.5 Å². The molecule has 0 radical (unpaired) electrons. The van der Waals surface area contributed by atoms with Gasteiger partial charge < -0.3 is 15.4 Å². The van der Waals surface area contributed by atoms with E-state index >= 15 is 0 Å². The molecule has 10 heteroatoms. The number of anilines is 2. The molecule has 3 N–H and O–H groups in total. The highest BCUT2D eigenvalue weighted by molar-refractivity contribution is 7.89. The molecule has 172 valence electrons. The third-order valence-electron chi connectivity index (χ3n) is 5.13. The van der Waals surface area contributed by atoms with Crippen molar-refractivity contribution in [1.29, 1.82) is 0 Å². The zero-order valence-electron chi connectivity index (χ0n) is 18.1. The lowest BCUT2D eigenvalue weighted by molar-refractivity contribution is -0.117. The van der Waals surface area contributed by atoms with Crippen LogP contribution in [0.1, 0.15) is 19.8 Å². The van der Waals surface area contributed by atoms with E-state index in [0.717, 1.165) is 5.69 Å². The summed E-state index contributed by atoms with van der Waals surface area (Å²) in [6, 6.07) is 13.3. The molecule has 1 fully saturated rings. The van der Waals surface area contributed by atoms with Crippen molar-refractivity contribution < 1.29 is 22.7 Å². The number of carbonyl (C=O) groups is 2. The molecule has 2 aromatic carbocycles. The molecule has 0 unspecified atom stereocenters. The summed E-state index contributed by atoms with van der Waals surface area (Å²) < 4.78 is 33.6. The van der Waals surface area contributed by atoms with Crippen molar-refractivity contribution in [2.75, 3.05) is 37.4 Å². The van der Waals surface area contributed by atoms with Gasteiger partial charge in [0.25, 0.3) is 0 Å². The van der Waals surface area contributed by atoms with Gasteiger partial charge in [0.05, 0.1) is 24.2 Å². The summed E-state index contributed by atoms with van der Waals surface area (Å²) >= 11 is 0. The van der Waals surface area contributed by atoms with E-state index in [2.05, 4.69) is 15.4 Å². The molecule has 1 heterocycles. The van der Waals surface area contributed by atoms with Gasteiger partial charge in [-0.2, -0.15) is 0 Å². The Morgan fingerprint density at radius 2 is 1.75 bits per heavy atom. The highest BCUT2D eigenvalue weighted by Gasteiger charge is 2.26. The number of methoxy groups -OCH3 is 1. The second-order valence-corrected chi connectivity index (χ2v) is 9.34. The molecular formula is C22H28N4O5S. The molecule has 0 aromatic heterocycles. The topological polar surface area (TPSA) is 117 Å². The van der Waals surface area contributed by atoms with Crippen molar-refractivity contribution in [3.05, 3.63) is 48.5 Å². The zero-order chi connectivity index (χ0) is 23.1. The van der Waals surface area contributed by atoms with Crippen molar-refractivity contribution in [2.45, 2.75) is 30.7 Å². The third-order valence-corrected chi connectivity index (χ3v) is 6.64. The predicted octanol–water partition coefficient (Wildman–Crippen LogP) is 2.03. The Bertz CT molecular complexity index is 1050. The zero-order valence-corrected chi connectivity index (χ0v) is 18.9. The smallest absolute Gasteiger partial charge is 0.240 e. The fourth-order valence-corrected chi connectivity index (χ4v) is 4.89. The first-order chi connectivity index (χ1) is 15.3. The third kappa shape index (κ3) is 6.52. The number of amides is 2. The van der Waals surface area contributed by atoms with Gasteiger partial charge >= 0.3 is 0 Å². The van der Waals surface area contributed by atoms with Gasteiger partial charge in [-0.15, -0.1) is 0 Å². The summed E-state index contributed by atoms with van der Waals surface area (Å²) in [5, 5.41) is 5.44. The number of piperidine rings is 1.